The van der Waals surface area contributed by atoms with Gasteiger partial charge in [0.2, 0.25) is 0 Å². The van der Waals surface area contributed by atoms with Gasteiger partial charge in [0.1, 0.15) is 0 Å². The number of carboxylic acid groups (broad SMARTS) is 1. The lowest BCUT2D eigenvalue weighted by molar-refractivity contribution is -0.147. The average Bonchev–Trinajstić information content (AvgIpc) is 2.30. The molecular formula is C13H18O4. The van der Waals surface area contributed by atoms with Crippen molar-refractivity contribution in [2.45, 2.75) is 26.1 Å². The van der Waals surface area contributed by atoms with E-state index in [1.165, 1.54) is 0 Å². The van der Waals surface area contributed by atoms with E-state index in [2.05, 4.69) is 0 Å². The fraction of sp³-hybridized carbons (Fsp3) is 0.462. The maximum atomic E-state index is 10.8. The van der Waals surface area contributed by atoms with Crippen molar-refractivity contribution in [2.24, 2.45) is 5.92 Å². The Hall–Kier alpha value is -1.39. The second kappa shape index (κ2) is 7.04. The molecule has 0 radical (unpaired) electrons. The van der Waals surface area contributed by atoms with Gasteiger partial charge in [-0.15, -0.1) is 0 Å². The normalized spacial score (nSPS) is 14.2. The van der Waals surface area contributed by atoms with Crippen LogP contribution in [-0.2, 0) is 16.1 Å². The summed E-state index contributed by atoms with van der Waals surface area (Å²) in [5.41, 5.74) is 1.00. The molecule has 0 fully saturated rings. The Balaban J connectivity index is 2.33. The molecule has 17 heavy (non-hydrogen) atoms. The second-order valence-electron chi connectivity index (χ2n) is 3.92. The number of aliphatic carboxylic acids is 1. The van der Waals surface area contributed by atoms with Gasteiger partial charge in [-0.05, 0) is 12.0 Å². The van der Waals surface area contributed by atoms with Crippen molar-refractivity contribution in [3.8, 4) is 0 Å². The van der Waals surface area contributed by atoms with E-state index < -0.39 is 18.0 Å². The van der Waals surface area contributed by atoms with Crippen LogP contribution in [0.25, 0.3) is 0 Å². The third-order valence-electron chi connectivity index (χ3n) is 2.62. The Labute approximate surface area is 101 Å². The summed E-state index contributed by atoms with van der Waals surface area (Å²) in [6, 6.07) is 9.56. The van der Waals surface area contributed by atoms with Crippen LogP contribution < -0.4 is 0 Å². The van der Waals surface area contributed by atoms with E-state index in [4.69, 9.17) is 9.84 Å². The second-order valence-corrected chi connectivity index (χ2v) is 3.92. The Morgan fingerprint density at radius 3 is 2.53 bits per heavy atom. The molecule has 94 valence electrons. The molecule has 0 aromatic heterocycles. The maximum Gasteiger partial charge on any atom is 0.309 e. The lowest BCUT2D eigenvalue weighted by atomic mass is 10.0. The molecule has 1 aromatic carbocycles. The average molecular weight is 238 g/mol. The minimum Gasteiger partial charge on any atom is -0.481 e. The van der Waals surface area contributed by atoms with E-state index in [1.807, 2.05) is 30.3 Å². The molecule has 0 aliphatic heterocycles. The van der Waals surface area contributed by atoms with Gasteiger partial charge in [0.05, 0.1) is 25.2 Å². The summed E-state index contributed by atoms with van der Waals surface area (Å²) in [7, 11) is 0. The Morgan fingerprint density at radius 2 is 2.00 bits per heavy atom. The van der Waals surface area contributed by atoms with Crippen molar-refractivity contribution in [3.63, 3.8) is 0 Å². The fourth-order valence-electron chi connectivity index (χ4n) is 1.60. The maximum absolute atomic E-state index is 10.8. The van der Waals surface area contributed by atoms with Crippen molar-refractivity contribution >= 4 is 5.97 Å². The Kier molecular flexibility index (Phi) is 5.66. The summed E-state index contributed by atoms with van der Waals surface area (Å²) >= 11 is 0. The Morgan fingerprint density at radius 1 is 1.35 bits per heavy atom. The zero-order valence-electron chi connectivity index (χ0n) is 9.87. The molecule has 0 heterocycles. The van der Waals surface area contributed by atoms with E-state index >= 15 is 0 Å². The summed E-state index contributed by atoms with van der Waals surface area (Å²) in [6.07, 6.45) is -0.563. The number of benzene rings is 1. The lowest BCUT2D eigenvalue weighted by Gasteiger charge is -2.17. The van der Waals surface area contributed by atoms with Crippen LogP contribution in [0.2, 0.25) is 0 Å². The molecule has 2 atom stereocenters. The number of hydrogen-bond acceptors (Lipinski definition) is 3. The van der Waals surface area contributed by atoms with Crippen LogP contribution >= 0.6 is 0 Å². The Bertz CT molecular complexity index is 337. The molecule has 0 spiro atoms. The molecule has 0 aliphatic rings. The van der Waals surface area contributed by atoms with E-state index in [1.54, 1.807) is 6.92 Å². The van der Waals surface area contributed by atoms with Gasteiger partial charge in [0.25, 0.3) is 0 Å². The SMILES string of the molecule is CCC(C(=O)O)C(O)COCc1ccccc1. The fourth-order valence-corrected chi connectivity index (χ4v) is 1.60. The van der Waals surface area contributed by atoms with Crippen LogP contribution in [-0.4, -0.2) is 28.9 Å². The van der Waals surface area contributed by atoms with Crippen molar-refractivity contribution in [2.75, 3.05) is 6.61 Å². The standard InChI is InChI=1S/C13H18O4/c1-2-11(13(15)16)12(14)9-17-8-10-6-4-3-5-7-10/h3-7,11-12,14H,2,8-9H2,1H3,(H,15,16). The van der Waals surface area contributed by atoms with Crippen LogP contribution in [0.3, 0.4) is 0 Å². The van der Waals surface area contributed by atoms with Crippen molar-refractivity contribution in [1.82, 2.24) is 0 Å². The van der Waals surface area contributed by atoms with E-state index in [0.29, 0.717) is 13.0 Å². The molecule has 0 saturated carbocycles. The van der Waals surface area contributed by atoms with Crippen LogP contribution in [0.5, 0.6) is 0 Å². The first-order chi connectivity index (χ1) is 8.15. The number of ether oxygens (including phenoxy) is 1. The molecule has 1 rings (SSSR count). The largest absolute Gasteiger partial charge is 0.481 e. The molecule has 4 nitrogen and oxygen atoms in total. The van der Waals surface area contributed by atoms with Gasteiger partial charge >= 0.3 is 5.97 Å². The summed E-state index contributed by atoms with van der Waals surface area (Å²) in [4.78, 5) is 10.8. The monoisotopic (exact) mass is 238 g/mol. The van der Waals surface area contributed by atoms with Gasteiger partial charge in [0, 0.05) is 0 Å². The highest BCUT2D eigenvalue weighted by Crippen LogP contribution is 2.10. The molecule has 0 aliphatic carbocycles. The van der Waals surface area contributed by atoms with Gasteiger partial charge < -0.3 is 14.9 Å². The summed E-state index contributed by atoms with van der Waals surface area (Å²) in [5.74, 6) is -1.74. The van der Waals surface area contributed by atoms with E-state index in [9.17, 15) is 9.90 Å². The zero-order chi connectivity index (χ0) is 12.7. The molecule has 2 N–H and O–H groups in total. The third kappa shape index (κ3) is 4.54. The first-order valence-corrected chi connectivity index (χ1v) is 5.67. The number of carbonyl (C=O) groups is 1. The molecular weight excluding hydrogens is 220 g/mol. The summed E-state index contributed by atoms with van der Waals surface area (Å²) in [5, 5.41) is 18.5. The van der Waals surface area contributed by atoms with Gasteiger partial charge in [-0.1, -0.05) is 37.3 Å². The molecule has 2 unspecified atom stereocenters. The number of aliphatic hydroxyl groups excluding tert-OH is 1. The minimum atomic E-state index is -0.983. The van der Waals surface area contributed by atoms with Crippen LogP contribution in [0.15, 0.2) is 30.3 Å². The first kappa shape index (κ1) is 13.7. The molecule has 0 saturated heterocycles. The summed E-state index contributed by atoms with van der Waals surface area (Å²) in [6.45, 7) is 2.16. The van der Waals surface area contributed by atoms with Crippen molar-refractivity contribution in [1.29, 1.82) is 0 Å². The highest BCUT2D eigenvalue weighted by Gasteiger charge is 2.24. The predicted molar refractivity (Wildman–Crippen MR) is 63.5 cm³/mol. The van der Waals surface area contributed by atoms with Gasteiger partial charge in [0.15, 0.2) is 0 Å². The molecule has 1 aromatic rings. The minimum absolute atomic E-state index is 0.0414. The number of hydrogen-bond donors (Lipinski definition) is 2. The van der Waals surface area contributed by atoms with E-state index in [0.717, 1.165) is 5.56 Å². The smallest absolute Gasteiger partial charge is 0.309 e. The number of carboxylic acids is 1. The van der Waals surface area contributed by atoms with Crippen molar-refractivity contribution < 1.29 is 19.7 Å². The van der Waals surface area contributed by atoms with Crippen LogP contribution in [0.4, 0.5) is 0 Å². The van der Waals surface area contributed by atoms with Crippen LogP contribution in [0.1, 0.15) is 18.9 Å². The highest BCUT2D eigenvalue weighted by atomic mass is 16.5. The molecule has 4 heteroatoms. The molecule has 0 amide bonds. The van der Waals surface area contributed by atoms with Crippen molar-refractivity contribution in [3.05, 3.63) is 35.9 Å². The van der Waals surface area contributed by atoms with Gasteiger partial charge in [-0.2, -0.15) is 0 Å². The summed E-state index contributed by atoms with van der Waals surface area (Å²) < 4.78 is 5.30. The van der Waals surface area contributed by atoms with Gasteiger partial charge in [-0.3, -0.25) is 4.79 Å². The highest BCUT2D eigenvalue weighted by molar-refractivity contribution is 5.70. The molecule has 0 bridgehead atoms. The van der Waals surface area contributed by atoms with Crippen LogP contribution in [0, 0.1) is 5.92 Å². The quantitative estimate of drug-likeness (QED) is 0.758. The third-order valence-corrected chi connectivity index (χ3v) is 2.62. The topological polar surface area (TPSA) is 66.8 Å². The lowest BCUT2D eigenvalue weighted by Crippen LogP contribution is -2.31. The predicted octanol–water partition coefficient (Wildman–Crippen LogP) is 1.67. The first-order valence-electron chi connectivity index (χ1n) is 5.67. The zero-order valence-corrected chi connectivity index (χ0v) is 9.87. The van der Waals surface area contributed by atoms with Gasteiger partial charge in [-0.25, -0.2) is 0 Å². The number of aliphatic hydroxyl groups is 1. The van der Waals surface area contributed by atoms with E-state index in [-0.39, 0.29) is 6.61 Å². The number of rotatable bonds is 7.